The van der Waals surface area contributed by atoms with Crippen LogP contribution in [0.25, 0.3) is 10.9 Å². The van der Waals surface area contributed by atoms with Crippen molar-refractivity contribution in [3.05, 3.63) is 40.2 Å². The zero-order chi connectivity index (χ0) is 14.8. The molecule has 0 unspecified atom stereocenters. The van der Waals surface area contributed by atoms with Gasteiger partial charge in [0.05, 0.1) is 12.7 Å². The van der Waals surface area contributed by atoms with Crippen molar-refractivity contribution in [2.75, 3.05) is 19.7 Å². The first-order valence-corrected chi connectivity index (χ1v) is 7.35. The molecule has 1 aliphatic rings. The molecule has 1 aromatic heterocycles. The molecule has 0 spiro atoms. The lowest BCUT2D eigenvalue weighted by Gasteiger charge is -2.14. The molecule has 5 heteroatoms. The highest BCUT2D eigenvalue weighted by Gasteiger charge is 2.21. The van der Waals surface area contributed by atoms with Crippen molar-refractivity contribution in [1.82, 2.24) is 9.88 Å². The Morgan fingerprint density at radius 1 is 1.43 bits per heavy atom. The van der Waals surface area contributed by atoms with Crippen LogP contribution in [0.2, 0.25) is 0 Å². The molecule has 2 heterocycles. The Balaban J connectivity index is 1.90. The van der Waals surface area contributed by atoms with Gasteiger partial charge in [0.15, 0.2) is 0 Å². The van der Waals surface area contributed by atoms with E-state index in [2.05, 4.69) is 9.88 Å². The van der Waals surface area contributed by atoms with E-state index < -0.39 is 0 Å². The third-order valence-electron chi connectivity index (χ3n) is 3.85. The zero-order valence-corrected chi connectivity index (χ0v) is 12.1. The van der Waals surface area contributed by atoms with Crippen molar-refractivity contribution in [2.45, 2.75) is 26.0 Å². The fraction of sp³-hybridized carbons (Fsp3) is 0.438. The lowest BCUT2D eigenvalue weighted by molar-refractivity contribution is 0.174. The Labute approximate surface area is 123 Å². The molecule has 0 aliphatic carbocycles. The van der Waals surface area contributed by atoms with Crippen molar-refractivity contribution in [1.29, 1.82) is 0 Å². The number of aromatic amines is 1. The Morgan fingerprint density at radius 3 is 3.00 bits per heavy atom. The topological polar surface area (TPSA) is 65.6 Å². The average Bonchev–Trinajstić information content (AvgIpc) is 2.86. The molecule has 21 heavy (non-hydrogen) atoms. The van der Waals surface area contributed by atoms with Crippen LogP contribution in [0.15, 0.2) is 29.1 Å². The van der Waals surface area contributed by atoms with Crippen molar-refractivity contribution in [3.63, 3.8) is 0 Å². The van der Waals surface area contributed by atoms with Crippen LogP contribution in [0.1, 0.15) is 18.9 Å². The number of aliphatic hydroxyl groups is 1. The highest BCUT2D eigenvalue weighted by molar-refractivity contribution is 5.80. The molecular formula is C16H20N2O3. The number of benzene rings is 1. The number of rotatable bonds is 4. The smallest absolute Gasteiger partial charge is 0.252 e. The number of hydrogen-bond acceptors (Lipinski definition) is 4. The molecule has 2 N–H and O–H groups in total. The van der Waals surface area contributed by atoms with Crippen LogP contribution in [-0.4, -0.2) is 40.8 Å². The molecule has 0 radical (unpaired) electrons. The van der Waals surface area contributed by atoms with Crippen LogP contribution in [0.4, 0.5) is 0 Å². The summed E-state index contributed by atoms with van der Waals surface area (Å²) in [5.41, 5.74) is 1.48. The normalized spacial score (nSPS) is 19.2. The summed E-state index contributed by atoms with van der Waals surface area (Å²) in [7, 11) is 0. The largest absolute Gasteiger partial charge is 0.494 e. The van der Waals surface area contributed by atoms with E-state index >= 15 is 0 Å². The predicted molar refractivity (Wildman–Crippen MR) is 81.6 cm³/mol. The van der Waals surface area contributed by atoms with Crippen LogP contribution in [0.3, 0.4) is 0 Å². The number of nitrogens with one attached hydrogen (secondary N) is 1. The number of nitrogens with zero attached hydrogens (tertiary/aromatic N) is 1. The molecule has 5 nitrogen and oxygen atoms in total. The van der Waals surface area contributed by atoms with E-state index in [4.69, 9.17) is 4.74 Å². The van der Waals surface area contributed by atoms with Crippen LogP contribution in [0.5, 0.6) is 5.75 Å². The molecule has 1 aromatic carbocycles. The fourth-order valence-electron chi connectivity index (χ4n) is 2.80. The third-order valence-corrected chi connectivity index (χ3v) is 3.85. The quantitative estimate of drug-likeness (QED) is 0.894. The van der Waals surface area contributed by atoms with E-state index in [0.29, 0.717) is 19.7 Å². The fourth-order valence-corrected chi connectivity index (χ4v) is 2.80. The van der Waals surface area contributed by atoms with E-state index in [0.717, 1.165) is 35.2 Å². The highest BCUT2D eigenvalue weighted by atomic mass is 16.5. The average molecular weight is 288 g/mol. The lowest BCUT2D eigenvalue weighted by atomic mass is 10.1. The zero-order valence-electron chi connectivity index (χ0n) is 12.1. The van der Waals surface area contributed by atoms with E-state index in [9.17, 15) is 9.90 Å². The molecule has 3 rings (SSSR count). The van der Waals surface area contributed by atoms with Gasteiger partial charge in [0.2, 0.25) is 0 Å². The molecule has 1 fully saturated rings. The second kappa shape index (κ2) is 5.87. The van der Waals surface area contributed by atoms with Gasteiger partial charge in [-0.2, -0.15) is 0 Å². The van der Waals surface area contributed by atoms with Gasteiger partial charge in [-0.15, -0.1) is 0 Å². The molecule has 1 atom stereocenters. The Bertz CT molecular complexity index is 695. The number of fused-ring (bicyclic) bond motifs is 1. The Hall–Kier alpha value is -1.85. The summed E-state index contributed by atoms with van der Waals surface area (Å²) in [4.78, 5) is 17.2. The summed E-state index contributed by atoms with van der Waals surface area (Å²) in [6.45, 7) is 4.60. The highest BCUT2D eigenvalue weighted by Crippen LogP contribution is 2.20. The van der Waals surface area contributed by atoms with Crippen LogP contribution in [0, 0.1) is 0 Å². The predicted octanol–water partition coefficient (Wildman–Crippen LogP) is 1.49. The molecule has 0 saturated carbocycles. The number of pyridine rings is 1. The second-order valence-electron chi connectivity index (χ2n) is 5.48. The maximum Gasteiger partial charge on any atom is 0.252 e. The first-order chi connectivity index (χ1) is 10.2. The molecule has 0 bridgehead atoms. The summed E-state index contributed by atoms with van der Waals surface area (Å²) in [5, 5.41) is 10.5. The molecule has 1 saturated heterocycles. The number of H-pyrrole nitrogens is 1. The molecule has 0 amide bonds. The Morgan fingerprint density at radius 2 is 2.29 bits per heavy atom. The van der Waals surface area contributed by atoms with Gasteiger partial charge in [0, 0.05) is 36.1 Å². The number of β-amino-alcohol motifs (C(OH)–C–C–N with tert-alkyl or cyclic N) is 1. The second-order valence-corrected chi connectivity index (χ2v) is 5.48. The number of aromatic nitrogens is 1. The standard InChI is InChI=1S/C16H20N2O3/c1-2-21-14-3-4-15-11(8-14)7-12(16(20)17-15)9-18-6-5-13(19)10-18/h3-4,7-8,13,19H,2,5-6,9-10H2,1H3,(H,17,20)/t13-/m0/s1. The van der Waals surface area contributed by atoms with Gasteiger partial charge in [-0.1, -0.05) is 0 Å². The van der Waals surface area contributed by atoms with Gasteiger partial charge >= 0.3 is 0 Å². The third kappa shape index (κ3) is 3.09. The minimum Gasteiger partial charge on any atom is -0.494 e. The van der Waals surface area contributed by atoms with Gasteiger partial charge < -0.3 is 14.8 Å². The molecule has 1 aliphatic heterocycles. The van der Waals surface area contributed by atoms with Gasteiger partial charge in [-0.3, -0.25) is 9.69 Å². The maximum atomic E-state index is 12.1. The number of aliphatic hydroxyl groups excluding tert-OH is 1. The molecular weight excluding hydrogens is 268 g/mol. The number of likely N-dealkylation sites (tertiary alicyclic amines) is 1. The maximum absolute atomic E-state index is 12.1. The van der Waals surface area contributed by atoms with Gasteiger partial charge in [0.25, 0.3) is 5.56 Å². The summed E-state index contributed by atoms with van der Waals surface area (Å²) >= 11 is 0. The van der Waals surface area contributed by atoms with Crippen molar-refractivity contribution in [2.24, 2.45) is 0 Å². The van der Waals surface area contributed by atoms with Gasteiger partial charge in [0.1, 0.15) is 5.75 Å². The van der Waals surface area contributed by atoms with Crippen LogP contribution in [-0.2, 0) is 6.54 Å². The van der Waals surface area contributed by atoms with E-state index in [1.165, 1.54) is 0 Å². The minimum atomic E-state index is -0.269. The van der Waals surface area contributed by atoms with Gasteiger partial charge in [-0.25, -0.2) is 0 Å². The SMILES string of the molecule is CCOc1ccc2[nH]c(=O)c(CN3CC[C@H](O)C3)cc2c1. The van der Waals surface area contributed by atoms with Crippen LogP contribution >= 0.6 is 0 Å². The first-order valence-electron chi connectivity index (χ1n) is 7.35. The number of ether oxygens (including phenoxy) is 1. The summed E-state index contributed by atoms with van der Waals surface area (Å²) in [6, 6.07) is 7.59. The summed E-state index contributed by atoms with van der Waals surface area (Å²) < 4.78 is 5.50. The van der Waals surface area contributed by atoms with E-state index in [1.807, 2.05) is 31.2 Å². The first kappa shape index (κ1) is 14.1. The van der Waals surface area contributed by atoms with Crippen molar-refractivity contribution < 1.29 is 9.84 Å². The number of hydrogen-bond donors (Lipinski definition) is 2. The van der Waals surface area contributed by atoms with E-state index in [-0.39, 0.29) is 11.7 Å². The lowest BCUT2D eigenvalue weighted by Crippen LogP contribution is -2.25. The molecule has 2 aromatic rings. The van der Waals surface area contributed by atoms with Crippen LogP contribution < -0.4 is 10.3 Å². The van der Waals surface area contributed by atoms with E-state index in [1.54, 1.807) is 0 Å². The minimum absolute atomic E-state index is 0.0620. The monoisotopic (exact) mass is 288 g/mol. The Kier molecular flexibility index (Phi) is 3.94. The van der Waals surface area contributed by atoms with Crippen molar-refractivity contribution >= 4 is 10.9 Å². The summed E-state index contributed by atoms with van der Waals surface area (Å²) in [6.07, 6.45) is 0.508. The van der Waals surface area contributed by atoms with Gasteiger partial charge in [-0.05, 0) is 37.6 Å². The molecule has 112 valence electrons. The van der Waals surface area contributed by atoms with Crippen molar-refractivity contribution in [3.8, 4) is 5.75 Å². The summed E-state index contributed by atoms with van der Waals surface area (Å²) in [5.74, 6) is 0.805.